The molecule has 0 aromatic rings. The average Bonchev–Trinajstić information content (AvgIpc) is 3.49. The van der Waals surface area contributed by atoms with Crippen molar-refractivity contribution < 1.29 is 48.1 Å². The third-order valence-electron chi connectivity index (χ3n) is 10.6. The lowest BCUT2D eigenvalue weighted by molar-refractivity contribution is -0.143. The monoisotopic (exact) mass is 864 g/mol. The zero-order valence-electron chi connectivity index (χ0n) is 38.9. The van der Waals surface area contributed by atoms with Crippen LogP contribution in [0.15, 0.2) is 11.8 Å². The van der Waals surface area contributed by atoms with E-state index in [0.29, 0.717) is 25.7 Å². The first kappa shape index (κ1) is 52.7. The second kappa shape index (κ2) is 23.7. The highest BCUT2D eigenvalue weighted by Gasteiger charge is 2.43. The summed E-state index contributed by atoms with van der Waals surface area (Å²) >= 11 is 0. The third kappa shape index (κ3) is 18.2. The molecule has 17 nitrogen and oxygen atoms in total. The predicted molar refractivity (Wildman–Crippen MR) is 232 cm³/mol. The number of nitrogens with two attached hydrogens (primary N) is 1. The van der Waals surface area contributed by atoms with Crippen molar-refractivity contribution in [1.29, 1.82) is 0 Å². The van der Waals surface area contributed by atoms with Crippen LogP contribution in [-0.4, -0.2) is 118 Å². The number of likely N-dealkylation sites (N-methyl/N-ethyl adjacent to an activating group) is 1. The van der Waals surface area contributed by atoms with Crippen LogP contribution in [0.2, 0.25) is 0 Å². The van der Waals surface area contributed by atoms with Crippen LogP contribution in [0.3, 0.4) is 0 Å². The summed E-state index contributed by atoms with van der Waals surface area (Å²) in [5.74, 6) is -3.13. The molecule has 0 radical (unpaired) electrons. The largest absolute Gasteiger partial charge is 0.480 e. The summed E-state index contributed by atoms with van der Waals surface area (Å²) in [5.41, 5.74) is 5.15. The van der Waals surface area contributed by atoms with Crippen molar-refractivity contribution in [3.8, 4) is 0 Å². The van der Waals surface area contributed by atoms with Gasteiger partial charge in [0, 0.05) is 31.8 Å². The van der Waals surface area contributed by atoms with E-state index in [1.807, 2.05) is 27.7 Å². The van der Waals surface area contributed by atoms with Crippen LogP contribution in [0.25, 0.3) is 0 Å². The van der Waals surface area contributed by atoms with Gasteiger partial charge in [-0.2, -0.15) is 0 Å². The quantitative estimate of drug-likeness (QED) is 0.0844. The van der Waals surface area contributed by atoms with Gasteiger partial charge in [-0.15, -0.1) is 0 Å². The van der Waals surface area contributed by atoms with Gasteiger partial charge >= 0.3 is 18.2 Å². The SMILES string of the molecule is CC(C)C[C@H](NC(=O)[C@H](C)N)C(=O)N(C)[C@@H](CC(C)C)C(=O)N[C@@H](CC1=CN(C(=O)OC(C)(C)C)C2CCCCC12)C(=O)NCCCCC[C@@H](NC(=O)OC(C)(C)C)C(=O)O. The third-order valence-corrected chi connectivity index (χ3v) is 10.6. The average molecular weight is 864 g/mol. The van der Waals surface area contributed by atoms with Gasteiger partial charge in [0.25, 0.3) is 0 Å². The normalized spacial score (nSPS) is 19.1. The van der Waals surface area contributed by atoms with Gasteiger partial charge < -0.3 is 46.5 Å². The highest BCUT2D eigenvalue weighted by Crippen LogP contribution is 2.41. The number of aliphatic carboxylic acids is 1. The minimum atomic E-state index is -1.18. The van der Waals surface area contributed by atoms with Crippen molar-refractivity contribution in [2.24, 2.45) is 23.5 Å². The number of carboxylic acid groups (broad SMARTS) is 1. The molecular formula is C44H77N7O10. The van der Waals surface area contributed by atoms with Crippen molar-refractivity contribution in [2.75, 3.05) is 13.6 Å². The minimum Gasteiger partial charge on any atom is -0.480 e. The van der Waals surface area contributed by atoms with Crippen LogP contribution in [0.5, 0.6) is 0 Å². The fourth-order valence-electron chi connectivity index (χ4n) is 7.64. The van der Waals surface area contributed by atoms with Gasteiger partial charge in [-0.3, -0.25) is 24.1 Å². The molecule has 6 amide bonds. The maximum absolute atomic E-state index is 14.4. The van der Waals surface area contributed by atoms with Gasteiger partial charge in [-0.25, -0.2) is 14.4 Å². The number of rotatable bonds is 21. The van der Waals surface area contributed by atoms with Gasteiger partial charge in [0.15, 0.2) is 0 Å². The first-order chi connectivity index (χ1) is 28.2. The number of alkyl carbamates (subject to hydrolysis) is 1. The number of carboxylic acids is 1. The molecule has 17 heteroatoms. The summed E-state index contributed by atoms with van der Waals surface area (Å²) in [5, 5.41) is 20.7. The number of amides is 6. The molecule has 1 saturated carbocycles. The van der Waals surface area contributed by atoms with Crippen molar-refractivity contribution >= 4 is 41.8 Å². The van der Waals surface area contributed by atoms with Crippen molar-refractivity contribution in [3.63, 3.8) is 0 Å². The number of ether oxygens (including phenoxy) is 2. The molecule has 2 unspecified atom stereocenters. The highest BCUT2D eigenvalue weighted by atomic mass is 16.6. The Morgan fingerprint density at radius 2 is 1.38 bits per heavy atom. The Balaban J connectivity index is 2.35. The number of nitrogens with one attached hydrogen (secondary N) is 4. The Labute approximate surface area is 363 Å². The van der Waals surface area contributed by atoms with E-state index in [-0.39, 0.29) is 49.6 Å². The maximum atomic E-state index is 14.4. The van der Waals surface area contributed by atoms with Gasteiger partial charge in [0.1, 0.15) is 35.4 Å². The Morgan fingerprint density at radius 3 is 1.93 bits per heavy atom. The molecule has 0 aromatic heterocycles. The minimum absolute atomic E-state index is 0.0246. The number of carbonyl (C=O) groups excluding carboxylic acids is 6. The van der Waals surface area contributed by atoms with Gasteiger partial charge in [0.2, 0.25) is 23.6 Å². The van der Waals surface area contributed by atoms with Crippen LogP contribution in [-0.2, 0) is 33.4 Å². The molecule has 2 rings (SSSR count). The summed E-state index contributed by atoms with van der Waals surface area (Å²) in [4.78, 5) is 95.6. The summed E-state index contributed by atoms with van der Waals surface area (Å²) in [6.45, 7) is 19.9. The lowest BCUT2D eigenvalue weighted by atomic mass is 9.80. The van der Waals surface area contributed by atoms with Crippen molar-refractivity contribution in [1.82, 2.24) is 31.1 Å². The van der Waals surface area contributed by atoms with Crippen molar-refractivity contribution in [2.45, 2.75) is 194 Å². The molecule has 7 N–H and O–H groups in total. The van der Waals surface area contributed by atoms with Gasteiger partial charge in [-0.05, 0) is 111 Å². The molecule has 2 aliphatic rings. The number of hydrogen-bond acceptors (Lipinski definition) is 10. The molecule has 1 heterocycles. The zero-order chi connectivity index (χ0) is 46.4. The zero-order valence-corrected chi connectivity index (χ0v) is 38.9. The highest BCUT2D eigenvalue weighted by molar-refractivity contribution is 5.94. The van der Waals surface area contributed by atoms with Gasteiger partial charge in [0.05, 0.1) is 6.04 Å². The summed E-state index contributed by atoms with van der Waals surface area (Å²) < 4.78 is 10.9. The molecule has 61 heavy (non-hydrogen) atoms. The van der Waals surface area contributed by atoms with Crippen molar-refractivity contribution in [3.05, 3.63) is 11.8 Å². The Bertz CT molecular complexity index is 1550. The number of carbonyl (C=O) groups is 7. The van der Waals surface area contributed by atoms with Crippen LogP contribution < -0.4 is 27.0 Å². The van der Waals surface area contributed by atoms with E-state index < -0.39 is 83.2 Å². The number of hydrogen-bond donors (Lipinski definition) is 6. The number of fused-ring (bicyclic) bond motifs is 1. The van der Waals surface area contributed by atoms with E-state index in [4.69, 9.17) is 15.2 Å². The van der Waals surface area contributed by atoms with E-state index in [1.165, 1.54) is 18.9 Å². The van der Waals surface area contributed by atoms with E-state index in [1.54, 1.807) is 52.6 Å². The summed E-state index contributed by atoms with van der Waals surface area (Å²) in [7, 11) is 1.53. The van der Waals surface area contributed by atoms with Gasteiger partial charge in [-0.1, -0.05) is 53.4 Å². The Morgan fingerprint density at radius 1 is 0.787 bits per heavy atom. The second-order valence-electron chi connectivity index (χ2n) is 19.6. The van der Waals surface area contributed by atoms with E-state index >= 15 is 0 Å². The van der Waals surface area contributed by atoms with E-state index in [0.717, 1.165) is 31.3 Å². The van der Waals surface area contributed by atoms with Crippen LogP contribution >= 0.6 is 0 Å². The van der Waals surface area contributed by atoms with E-state index in [9.17, 15) is 38.7 Å². The first-order valence-electron chi connectivity index (χ1n) is 22.1. The molecule has 1 fully saturated rings. The van der Waals surface area contributed by atoms with Crippen LogP contribution in [0.4, 0.5) is 9.59 Å². The molecule has 1 aliphatic heterocycles. The summed E-state index contributed by atoms with van der Waals surface area (Å²) in [6, 6.07) is -5.10. The molecular weight excluding hydrogens is 787 g/mol. The number of nitrogens with zero attached hydrogens (tertiary/aromatic N) is 2. The first-order valence-corrected chi connectivity index (χ1v) is 22.1. The van der Waals surface area contributed by atoms with Crippen LogP contribution in [0, 0.1) is 17.8 Å². The topological polar surface area (TPSA) is 239 Å². The maximum Gasteiger partial charge on any atom is 0.414 e. The van der Waals surface area contributed by atoms with Crippen LogP contribution in [0.1, 0.15) is 147 Å². The lowest BCUT2D eigenvalue weighted by Gasteiger charge is -2.34. The molecule has 0 aromatic carbocycles. The smallest absolute Gasteiger partial charge is 0.414 e. The lowest BCUT2D eigenvalue weighted by Crippen LogP contribution is -2.58. The Hall–Kier alpha value is -4.41. The fourth-order valence-corrected chi connectivity index (χ4v) is 7.64. The molecule has 1 aliphatic carbocycles. The fraction of sp³-hybridized carbons (Fsp3) is 0.795. The Kier molecular flexibility index (Phi) is 20.5. The second-order valence-corrected chi connectivity index (χ2v) is 19.6. The molecule has 0 spiro atoms. The molecule has 0 saturated heterocycles. The van der Waals surface area contributed by atoms with E-state index in [2.05, 4.69) is 21.3 Å². The number of unbranched alkanes of at least 4 members (excludes halogenated alkanes) is 2. The summed E-state index contributed by atoms with van der Waals surface area (Å²) in [6.07, 6.45) is 6.27. The predicted octanol–water partition coefficient (Wildman–Crippen LogP) is 4.96. The molecule has 7 atom stereocenters. The standard InChI is InChI=1S/C44H77N7O10/c1-26(2)22-33(48-36(52)28(5)45)39(55)50(12)35(23-27(3)4)38(54)47-32(24-29-25-51(42(59)61-44(9,10)11)34-20-16-15-18-30(29)34)37(53)46-21-17-13-14-19-31(40(56)57)49-41(58)60-43(6,7)8/h25-28,30-35H,13-24,45H2,1-12H3,(H,46,53)(H,47,54)(H,48,52)(H,49,58)(H,56,57)/t28-,30?,31+,32-,33-,34?,35-/m0/s1. The molecule has 348 valence electrons. The molecule has 0 bridgehead atoms.